The number of hydrogen-bond acceptors (Lipinski definition) is 4. The summed E-state index contributed by atoms with van der Waals surface area (Å²) >= 11 is 13.4. The average molecular weight is 356 g/mol. The molecule has 0 bridgehead atoms. The summed E-state index contributed by atoms with van der Waals surface area (Å²) in [4.78, 5) is 22.0. The molecule has 0 aromatic carbocycles. The van der Waals surface area contributed by atoms with Crippen molar-refractivity contribution in [2.45, 2.75) is 32.6 Å². The quantitative estimate of drug-likeness (QED) is 0.817. The normalized spacial score (nSPS) is 17.1. The van der Waals surface area contributed by atoms with E-state index in [1.807, 2.05) is 0 Å². The second-order valence-corrected chi connectivity index (χ2v) is 7.20. The lowest BCUT2D eigenvalue weighted by molar-refractivity contribution is 0.102. The molecular formula is C15H15Cl2N3OS. The molecule has 2 heterocycles. The monoisotopic (exact) mass is 355 g/mol. The maximum absolute atomic E-state index is 12.3. The van der Waals surface area contributed by atoms with E-state index in [1.165, 1.54) is 17.7 Å². The lowest BCUT2D eigenvalue weighted by Gasteiger charge is -2.18. The highest BCUT2D eigenvalue weighted by atomic mass is 35.5. The molecule has 1 aliphatic rings. The maximum atomic E-state index is 12.3. The van der Waals surface area contributed by atoms with Crippen LogP contribution in [-0.2, 0) is 12.8 Å². The fourth-order valence-corrected chi connectivity index (χ4v) is 4.04. The summed E-state index contributed by atoms with van der Waals surface area (Å²) in [7, 11) is 0. The number of hydrogen-bond donors (Lipinski definition) is 1. The number of aryl methyl sites for hydroxylation is 1. The number of amides is 1. The van der Waals surface area contributed by atoms with E-state index in [0.29, 0.717) is 5.13 Å². The fraction of sp³-hybridized carbons (Fsp3) is 0.400. The van der Waals surface area contributed by atoms with Crippen molar-refractivity contribution in [3.8, 4) is 0 Å². The number of aromatic nitrogens is 2. The van der Waals surface area contributed by atoms with Crippen LogP contribution in [0.25, 0.3) is 0 Å². The molecule has 1 amide bonds. The zero-order chi connectivity index (χ0) is 15.7. The van der Waals surface area contributed by atoms with Crippen molar-refractivity contribution in [2.24, 2.45) is 5.92 Å². The fourth-order valence-electron chi connectivity index (χ4n) is 2.58. The topological polar surface area (TPSA) is 54.9 Å². The van der Waals surface area contributed by atoms with Gasteiger partial charge in [-0.25, -0.2) is 9.97 Å². The van der Waals surface area contributed by atoms with Crippen molar-refractivity contribution >= 4 is 45.6 Å². The van der Waals surface area contributed by atoms with E-state index >= 15 is 0 Å². The van der Waals surface area contributed by atoms with Crippen molar-refractivity contribution in [1.82, 2.24) is 9.97 Å². The Kier molecular flexibility index (Phi) is 4.66. The van der Waals surface area contributed by atoms with Gasteiger partial charge in [0.1, 0.15) is 10.8 Å². The Bertz CT molecular complexity index is 717. The predicted molar refractivity (Wildman–Crippen MR) is 90.1 cm³/mol. The van der Waals surface area contributed by atoms with Crippen molar-refractivity contribution < 1.29 is 4.79 Å². The molecule has 2 aromatic rings. The molecule has 3 rings (SSSR count). The first-order valence-corrected chi connectivity index (χ1v) is 8.76. The van der Waals surface area contributed by atoms with Gasteiger partial charge < -0.3 is 0 Å². The van der Waals surface area contributed by atoms with E-state index < -0.39 is 0 Å². The molecule has 1 aliphatic carbocycles. The largest absolute Gasteiger partial charge is 0.296 e. The molecule has 1 N–H and O–H groups in total. The summed E-state index contributed by atoms with van der Waals surface area (Å²) in [6.07, 6.45) is 4.38. The van der Waals surface area contributed by atoms with Crippen LogP contribution in [0.2, 0.25) is 10.2 Å². The van der Waals surface area contributed by atoms with Crippen LogP contribution in [0.3, 0.4) is 0 Å². The van der Waals surface area contributed by atoms with Gasteiger partial charge in [0.15, 0.2) is 5.13 Å². The van der Waals surface area contributed by atoms with Crippen LogP contribution in [0, 0.1) is 5.92 Å². The van der Waals surface area contributed by atoms with Crippen LogP contribution < -0.4 is 5.32 Å². The highest BCUT2D eigenvalue weighted by Crippen LogP contribution is 2.33. The first-order chi connectivity index (χ1) is 10.6. The van der Waals surface area contributed by atoms with Crippen molar-refractivity contribution in [1.29, 1.82) is 0 Å². The standard InChI is InChI=1S/C15H15Cl2N3OS/c1-2-8-3-5-10-11(7-8)22-15(18-10)20-14(21)13-9(16)4-6-12(17)19-13/h4,6,8H,2-3,5,7H2,1H3,(H,18,20,21). The molecule has 22 heavy (non-hydrogen) atoms. The third kappa shape index (κ3) is 3.26. The summed E-state index contributed by atoms with van der Waals surface area (Å²) in [5.74, 6) is 0.339. The SMILES string of the molecule is CCC1CCc2nc(NC(=O)c3nc(Cl)ccc3Cl)sc2C1. The Hall–Kier alpha value is -1.17. The van der Waals surface area contributed by atoms with Gasteiger partial charge in [0.25, 0.3) is 5.91 Å². The second-order valence-electron chi connectivity index (χ2n) is 5.32. The molecule has 116 valence electrons. The third-order valence-corrected chi connectivity index (χ3v) is 5.42. The summed E-state index contributed by atoms with van der Waals surface area (Å²) in [6, 6.07) is 3.11. The first-order valence-electron chi connectivity index (χ1n) is 7.18. The molecule has 7 heteroatoms. The van der Waals surface area contributed by atoms with Gasteiger partial charge in [-0.2, -0.15) is 0 Å². The first kappa shape index (κ1) is 15.7. The predicted octanol–water partition coefficient (Wildman–Crippen LogP) is 4.61. The smallest absolute Gasteiger partial charge is 0.277 e. The number of anilines is 1. The number of nitrogens with one attached hydrogen (secondary N) is 1. The lowest BCUT2D eigenvalue weighted by Crippen LogP contribution is -2.14. The number of rotatable bonds is 3. The molecule has 2 aromatic heterocycles. The highest BCUT2D eigenvalue weighted by Gasteiger charge is 2.23. The number of fused-ring (bicyclic) bond motifs is 1. The minimum Gasteiger partial charge on any atom is -0.296 e. The molecule has 0 fully saturated rings. The van der Waals surface area contributed by atoms with E-state index in [-0.39, 0.29) is 21.8 Å². The number of halogens is 2. The van der Waals surface area contributed by atoms with Gasteiger partial charge in [-0.05, 0) is 37.3 Å². The minimum atomic E-state index is -0.384. The highest BCUT2D eigenvalue weighted by molar-refractivity contribution is 7.15. The van der Waals surface area contributed by atoms with E-state index in [2.05, 4.69) is 22.2 Å². The van der Waals surface area contributed by atoms with E-state index in [1.54, 1.807) is 23.5 Å². The van der Waals surface area contributed by atoms with Crippen LogP contribution in [0.5, 0.6) is 0 Å². The summed E-state index contributed by atoms with van der Waals surface area (Å²) in [5, 5.41) is 3.89. The third-order valence-electron chi connectivity index (χ3n) is 3.87. The van der Waals surface area contributed by atoms with Gasteiger partial charge in [-0.3, -0.25) is 10.1 Å². The number of nitrogens with zero attached hydrogens (tertiary/aromatic N) is 2. The Morgan fingerprint density at radius 2 is 2.23 bits per heavy atom. The summed E-state index contributed by atoms with van der Waals surface area (Å²) in [6.45, 7) is 2.21. The molecule has 0 spiro atoms. The van der Waals surface area contributed by atoms with E-state index in [9.17, 15) is 4.79 Å². The molecule has 0 saturated carbocycles. The number of carbonyl (C=O) groups excluding carboxylic acids is 1. The Balaban J connectivity index is 1.78. The van der Waals surface area contributed by atoms with Gasteiger partial charge >= 0.3 is 0 Å². The Labute approximate surface area is 142 Å². The van der Waals surface area contributed by atoms with Crippen LogP contribution in [0.4, 0.5) is 5.13 Å². The zero-order valence-electron chi connectivity index (χ0n) is 12.0. The number of pyridine rings is 1. The molecular weight excluding hydrogens is 341 g/mol. The Morgan fingerprint density at radius 3 is 3.00 bits per heavy atom. The number of carbonyl (C=O) groups is 1. The van der Waals surface area contributed by atoms with Crippen molar-refractivity contribution in [3.05, 3.63) is 38.6 Å². The molecule has 1 unspecified atom stereocenters. The molecule has 0 radical (unpaired) electrons. The van der Waals surface area contributed by atoms with Crippen LogP contribution in [-0.4, -0.2) is 15.9 Å². The average Bonchev–Trinajstić information content (AvgIpc) is 2.90. The van der Waals surface area contributed by atoms with Crippen LogP contribution in [0.15, 0.2) is 12.1 Å². The molecule has 4 nitrogen and oxygen atoms in total. The van der Waals surface area contributed by atoms with Gasteiger partial charge in [0, 0.05) is 4.88 Å². The molecule has 0 aliphatic heterocycles. The molecule has 1 atom stereocenters. The van der Waals surface area contributed by atoms with E-state index in [0.717, 1.165) is 24.5 Å². The lowest BCUT2D eigenvalue weighted by atomic mass is 9.89. The van der Waals surface area contributed by atoms with Crippen molar-refractivity contribution in [2.75, 3.05) is 5.32 Å². The summed E-state index contributed by atoms with van der Waals surface area (Å²) in [5.41, 5.74) is 1.23. The van der Waals surface area contributed by atoms with Gasteiger partial charge in [0.2, 0.25) is 0 Å². The van der Waals surface area contributed by atoms with E-state index in [4.69, 9.17) is 23.2 Å². The minimum absolute atomic E-state index is 0.119. The van der Waals surface area contributed by atoms with Crippen LogP contribution in [0.1, 0.15) is 40.8 Å². The maximum Gasteiger partial charge on any atom is 0.277 e. The Morgan fingerprint density at radius 1 is 1.41 bits per heavy atom. The molecule has 0 saturated heterocycles. The van der Waals surface area contributed by atoms with Crippen LogP contribution >= 0.6 is 34.5 Å². The van der Waals surface area contributed by atoms with Crippen molar-refractivity contribution in [3.63, 3.8) is 0 Å². The second kappa shape index (κ2) is 6.52. The summed E-state index contributed by atoms with van der Waals surface area (Å²) < 4.78 is 0. The van der Waals surface area contributed by atoms with Gasteiger partial charge in [0.05, 0.1) is 10.7 Å². The zero-order valence-corrected chi connectivity index (χ0v) is 14.4. The number of thiazole rings is 1. The van der Waals surface area contributed by atoms with Gasteiger partial charge in [-0.1, -0.05) is 36.5 Å². The van der Waals surface area contributed by atoms with Gasteiger partial charge in [-0.15, -0.1) is 11.3 Å².